The Morgan fingerprint density at radius 3 is 2.88 bits per heavy atom. The van der Waals surface area contributed by atoms with Crippen LogP contribution in [-0.2, 0) is 4.79 Å². The van der Waals surface area contributed by atoms with Crippen LogP contribution in [-0.4, -0.2) is 21.2 Å². The van der Waals surface area contributed by atoms with Gasteiger partial charge in [0.25, 0.3) is 0 Å². The summed E-state index contributed by atoms with van der Waals surface area (Å²) >= 11 is 9.06. The molecule has 1 aromatic heterocycles. The summed E-state index contributed by atoms with van der Waals surface area (Å²) < 4.78 is 0. The van der Waals surface area contributed by atoms with Crippen molar-refractivity contribution in [3.8, 4) is 0 Å². The molecule has 0 aliphatic carbocycles. The molecular formula is C10H13BrClN3O. The predicted octanol–water partition coefficient (Wildman–Crippen LogP) is 2.94. The van der Waals surface area contributed by atoms with Crippen LogP contribution in [0.15, 0.2) is 6.07 Å². The number of amides is 1. The third kappa shape index (κ3) is 4.90. The fraction of sp³-hybridized carbons (Fsp3) is 0.500. The van der Waals surface area contributed by atoms with Gasteiger partial charge in [-0.05, 0) is 25.8 Å². The number of rotatable bonds is 5. The van der Waals surface area contributed by atoms with Gasteiger partial charge in [-0.15, -0.1) is 0 Å². The maximum atomic E-state index is 11.5. The number of alkyl halides is 1. The molecule has 1 N–H and O–H groups in total. The van der Waals surface area contributed by atoms with Gasteiger partial charge in [0.1, 0.15) is 5.15 Å². The molecule has 0 radical (unpaired) electrons. The normalized spacial score (nSPS) is 10.2. The van der Waals surface area contributed by atoms with Crippen molar-refractivity contribution in [2.45, 2.75) is 26.2 Å². The second-order valence-corrected chi connectivity index (χ2v) is 4.53. The summed E-state index contributed by atoms with van der Waals surface area (Å²) in [7, 11) is 0. The van der Waals surface area contributed by atoms with E-state index in [1.807, 2.05) is 0 Å². The third-order valence-corrected chi connectivity index (χ3v) is 2.62. The average Bonchev–Trinajstić information content (AvgIpc) is 2.16. The fourth-order valence-corrected chi connectivity index (χ4v) is 1.79. The van der Waals surface area contributed by atoms with Crippen molar-refractivity contribution in [3.63, 3.8) is 0 Å². The number of hydrogen-bond donors (Lipinski definition) is 1. The molecule has 0 atom stereocenters. The summed E-state index contributed by atoms with van der Waals surface area (Å²) in [4.78, 5) is 19.4. The summed E-state index contributed by atoms with van der Waals surface area (Å²) in [5, 5.41) is 3.87. The van der Waals surface area contributed by atoms with E-state index in [0.717, 1.165) is 23.9 Å². The van der Waals surface area contributed by atoms with Crippen molar-refractivity contribution in [2.24, 2.45) is 0 Å². The van der Waals surface area contributed by atoms with E-state index in [1.165, 1.54) is 0 Å². The van der Waals surface area contributed by atoms with Gasteiger partial charge in [-0.2, -0.15) is 0 Å². The van der Waals surface area contributed by atoms with E-state index in [4.69, 9.17) is 11.6 Å². The lowest BCUT2D eigenvalue weighted by molar-refractivity contribution is -0.116. The third-order valence-electron chi connectivity index (χ3n) is 1.86. The molecule has 88 valence electrons. The van der Waals surface area contributed by atoms with Crippen molar-refractivity contribution < 1.29 is 4.79 Å². The van der Waals surface area contributed by atoms with Crippen LogP contribution in [0.5, 0.6) is 0 Å². The van der Waals surface area contributed by atoms with Crippen LogP contribution in [0, 0.1) is 6.92 Å². The maximum absolute atomic E-state index is 11.5. The molecule has 0 saturated carbocycles. The van der Waals surface area contributed by atoms with Gasteiger partial charge in [0.15, 0.2) is 0 Å². The SMILES string of the molecule is Cc1cc(Cl)nc(NC(=O)CCCCBr)n1. The van der Waals surface area contributed by atoms with Crippen LogP contribution < -0.4 is 5.32 Å². The number of aryl methyl sites for hydroxylation is 1. The van der Waals surface area contributed by atoms with Gasteiger partial charge in [-0.25, -0.2) is 9.97 Å². The monoisotopic (exact) mass is 305 g/mol. The first-order valence-electron chi connectivity index (χ1n) is 4.99. The Hall–Kier alpha value is -0.680. The molecule has 0 saturated heterocycles. The van der Waals surface area contributed by atoms with E-state index in [0.29, 0.717) is 11.6 Å². The topological polar surface area (TPSA) is 54.9 Å². The van der Waals surface area contributed by atoms with Crippen molar-refractivity contribution in [1.82, 2.24) is 9.97 Å². The molecule has 1 amide bonds. The summed E-state index contributed by atoms with van der Waals surface area (Å²) in [5.74, 6) is 0.191. The van der Waals surface area contributed by atoms with Crippen molar-refractivity contribution in [3.05, 3.63) is 16.9 Å². The maximum Gasteiger partial charge on any atom is 0.231 e. The Kier molecular flexibility index (Phi) is 5.69. The number of halogens is 2. The number of unbranched alkanes of at least 4 members (excludes halogenated alkanes) is 1. The zero-order valence-electron chi connectivity index (χ0n) is 8.96. The Bertz CT molecular complexity index is 353. The fourth-order valence-electron chi connectivity index (χ4n) is 1.15. The van der Waals surface area contributed by atoms with Crippen LogP contribution in [0.25, 0.3) is 0 Å². The summed E-state index contributed by atoms with van der Waals surface area (Å²) in [6, 6.07) is 1.64. The second kappa shape index (κ2) is 6.81. The number of anilines is 1. The molecule has 0 spiro atoms. The van der Waals surface area contributed by atoms with Gasteiger partial charge >= 0.3 is 0 Å². The lowest BCUT2D eigenvalue weighted by Gasteiger charge is -2.04. The van der Waals surface area contributed by atoms with Crippen molar-refractivity contribution in [2.75, 3.05) is 10.6 Å². The van der Waals surface area contributed by atoms with Gasteiger partial charge < -0.3 is 0 Å². The number of carbonyl (C=O) groups excluding carboxylic acids is 1. The molecule has 0 aliphatic heterocycles. The lowest BCUT2D eigenvalue weighted by atomic mass is 10.2. The molecule has 1 aromatic rings. The number of aromatic nitrogens is 2. The van der Waals surface area contributed by atoms with Crippen LogP contribution in [0.4, 0.5) is 5.95 Å². The van der Waals surface area contributed by atoms with Crippen LogP contribution in [0.1, 0.15) is 25.0 Å². The first kappa shape index (κ1) is 13.4. The van der Waals surface area contributed by atoms with E-state index >= 15 is 0 Å². The minimum Gasteiger partial charge on any atom is -0.294 e. The van der Waals surface area contributed by atoms with Crippen LogP contribution >= 0.6 is 27.5 Å². The molecule has 0 unspecified atom stereocenters. The highest BCUT2D eigenvalue weighted by molar-refractivity contribution is 9.09. The standard InChI is InChI=1S/C10H13BrClN3O/c1-7-6-8(12)14-10(13-7)15-9(16)4-2-3-5-11/h6H,2-5H2,1H3,(H,13,14,15,16). The van der Waals surface area contributed by atoms with Crippen LogP contribution in [0.3, 0.4) is 0 Å². The predicted molar refractivity (Wildman–Crippen MR) is 68.1 cm³/mol. The minimum absolute atomic E-state index is 0.0809. The average molecular weight is 307 g/mol. The number of nitrogens with one attached hydrogen (secondary N) is 1. The summed E-state index contributed by atoms with van der Waals surface area (Å²) in [6.45, 7) is 1.80. The van der Waals surface area contributed by atoms with Crippen molar-refractivity contribution >= 4 is 39.4 Å². The van der Waals surface area contributed by atoms with Gasteiger partial charge in [-0.1, -0.05) is 27.5 Å². The molecule has 1 rings (SSSR count). The first-order chi connectivity index (χ1) is 7.61. The number of nitrogens with zero attached hydrogens (tertiary/aromatic N) is 2. The van der Waals surface area contributed by atoms with Crippen LogP contribution in [0.2, 0.25) is 5.15 Å². The zero-order valence-corrected chi connectivity index (χ0v) is 11.3. The highest BCUT2D eigenvalue weighted by Crippen LogP contribution is 2.10. The Morgan fingerprint density at radius 2 is 2.25 bits per heavy atom. The molecule has 4 nitrogen and oxygen atoms in total. The summed E-state index contributed by atoms with van der Waals surface area (Å²) in [5.41, 5.74) is 0.732. The smallest absolute Gasteiger partial charge is 0.231 e. The van der Waals surface area contributed by atoms with Crippen molar-refractivity contribution in [1.29, 1.82) is 0 Å². The number of carbonyl (C=O) groups is 1. The highest BCUT2D eigenvalue weighted by atomic mass is 79.9. The van der Waals surface area contributed by atoms with Gasteiger partial charge in [0, 0.05) is 17.4 Å². The molecule has 0 bridgehead atoms. The Labute approximate surface area is 108 Å². The van der Waals surface area contributed by atoms with E-state index < -0.39 is 0 Å². The van der Waals surface area contributed by atoms with E-state index in [2.05, 4.69) is 31.2 Å². The summed E-state index contributed by atoms with van der Waals surface area (Å²) in [6.07, 6.45) is 2.29. The quantitative estimate of drug-likeness (QED) is 0.517. The molecular weight excluding hydrogens is 293 g/mol. The number of hydrogen-bond acceptors (Lipinski definition) is 3. The Balaban J connectivity index is 2.49. The van der Waals surface area contributed by atoms with Gasteiger partial charge in [-0.3, -0.25) is 10.1 Å². The molecule has 0 fully saturated rings. The first-order valence-corrected chi connectivity index (χ1v) is 6.49. The van der Waals surface area contributed by atoms with Gasteiger partial charge in [0.05, 0.1) is 0 Å². The Morgan fingerprint density at radius 1 is 1.50 bits per heavy atom. The molecule has 6 heteroatoms. The van der Waals surface area contributed by atoms with E-state index in [9.17, 15) is 4.79 Å². The molecule has 16 heavy (non-hydrogen) atoms. The van der Waals surface area contributed by atoms with E-state index in [-0.39, 0.29) is 11.9 Å². The highest BCUT2D eigenvalue weighted by Gasteiger charge is 2.05. The molecule has 1 heterocycles. The minimum atomic E-state index is -0.0809. The molecule has 0 aromatic carbocycles. The zero-order chi connectivity index (χ0) is 12.0. The largest absolute Gasteiger partial charge is 0.294 e. The van der Waals surface area contributed by atoms with Gasteiger partial charge in [0.2, 0.25) is 11.9 Å². The molecule has 0 aliphatic rings. The lowest BCUT2D eigenvalue weighted by Crippen LogP contribution is -2.14. The second-order valence-electron chi connectivity index (χ2n) is 3.35. The van der Waals surface area contributed by atoms with E-state index in [1.54, 1.807) is 13.0 Å².